The molecule has 1 aliphatic rings. The minimum atomic E-state index is 0.203. The Labute approximate surface area is 133 Å². The molecule has 3 heterocycles. The highest BCUT2D eigenvalue weighted by atomic mass is 16.2. The van der Waals surface area contributed by atoms with E-state index in [0.717, 1.165) is 24.9 Å². The average Bonchev–Trinajstić information content (AvgIpc) is 3.21. The molecule has 0 saturated carbocycles. The van der Waals surface area contributed by atoms with Crippen molar-refractivity contribution in [2.24, 2.45) is 0 Å². The Kier molecular flexibility index (Phi) is 3.53. The molecular weight excluding hydrogens is 292 g/mol. The number of benzene rings is 1. The predicted molar refractivity (Wildman–Crippen MR) is 84.5 cm³/mol. The fourth-order valence-electron chi connectivity index (χ4n) is 3.21. The van der Waals surface area contributed by atoms with Gasteiger partial charge in [0.25, 0.3) is 0 Å². The molecule has 0 fully saturated rings. The lowest BCUT2D eigenvalue weighted by molar-refractivity contribution is -0.132. The molecule has 0 saturated heterocycles. The fraction of sp³-hybridized carbons (Fsp3) is 0.375. The van der Waals surface area contributed by atoms with Gasteiger partial charge in [0.05, 0.1) is 0 Å². The molecule has 0 spiro atoms. The molecule has 7 nitrogen and oxygen atoms in total. The third-order valence-electron chi connectivity index (χ3n) is 4.40. The van der Waals surface area contributed by atoms with Crippen LogP contribution < -0.4 is 0 Å². The molecule has 1 N–H and O–H groups in total. The number of H-pyrrole nitrogens is 1. The average molecular weight is 310 g/mol. The van der Waals surface area contributed by atoms with Gasteiger partial charge >= 0.3 is 0 Å². The first-order valence-corrected chi connectivity index (χ1v) is 7.88. The minimum Gasteiger partial charge on any atom is -0.358 e. The van der Waals surface area contributed by atoms with Crippen molar-refractivity contribution in [1.29, 1.82) is 0 Å². The van der Waals surface area contributed by atoms with Crippen molar-refractivity contribution < 1.29 is 4.79 Å². The number of nitrogens with one attached hydrogen (secondary N) is 1. The SMILES string of the molecule is O=C(CCCn1cnnn1)N1CCc2[nH]c3ccccc3c2C1. The van der Waals surface area contributed by atoms with Gasteiger partial charge in [-0.25, -0.2) is 4.68 Å². The molecule has 1 aromatic carbocycles. The van der Waals surface area contributed by atoms with Crippen molar-refractivity contribution in [2.45, 2.75) is 32.4 Å². The lowest BCUT2D eigenvalue weighted by Crippen LogP contribution is -2.35. The second-order valence-electron chi connectivity index (χ2n) is 5.87. The van der Waals surface area contributed by atoms with E-state index in [9.17, 15) is 4.79 Å². The van der Waals surface area contributed by atoms with Gasteiger partial charge in [0.2, 0.25) is 5.91 Å². The van der Waals surface area contributed by atoms with Gasteiger partial charge < -0.3 is 9.88 Å². The topological polar surface area (TPSA) is 79.7 Å². The van der Waals surface area contributed by atoms with Crippen molar-refractivity contribution in [3.8, 4) is 0 Å². The van der Waals surface area contributed by atoms with Crippen molar-refractivity contribution in [3.05, 3.63) is 41.9 Å². The molecule has 4 rings (SSSR count). The summed E-state index contributed by atoms with van der Waals surface area (Å²) in [5.74, 6) is 0.203. The molecule has 0 unspecified atom stereocenters. The summed E-state index contributed by atoms with van der Waals surface area (Å²) in [4.78, 5) is 17.9. The van der Waals surface area contributed by atoms with Crippen LogP contribution in [-0.2, 0) is 24.3 Å². The summed E-state index contributed by atoms with van der Waals surface area (Å²) >= 11 is 0. The minimum absolute atomic E-state index is 0.203. The summed E-state index contributed by atoms with van der Waals surface area (Å²) in [5.41, 5.74) is 3.69. The summed E-state index contributed by atoms with van der Waals surface area (Å²) in [6, 6.07) is 8.29. The van der Waals surface area contributed by atoms with E-state index >= 15 is 0 Å². The Morgan fingerprint density at radius 1 is 1.30 bits per heavy atom. The van der Waals surface area contributed by atoms with Crippen LogP contribution in [0.3, 0.4) is 0 Å². The first-order valence-electron chi connectivity index (χ1n) is 7.88. The summed E-state index contributed by atoms with van der Waals surface area (Å²) < 4.78 is 1.65. The van der Waals surface area contributed by atoms with Crippen LogP contribution in [0, 0.1) is 0 Å². The van der Waals surface area contributed by atoms with Gasteiger partial charge in [-0.1, -0.05) is 18.2 Å². The van der Waals surface area contributed by atoms with Crippen LogP contribution in [0.5, 0.6) is 0 Å². The molecule has 118 valence electrons. The number of carbonyl (C=O) groups is 1. The van der Waals surface area contributed by atoms with Crippen LogP contribution >= 0.6 is 0 Å². The molecule has 3 aromatic rings. The standard InChI is InChI=1S/C16H18N6O/c23-16(6-3-8-22-11-17-19-20-22)21-9-7-15-13(10-21)12-4-1-2-5-14(12)18-15/h1-2,4-5,11,18H,3,6-10H2. The Morgan fingerprint density at radius 3 is 3.09 bits per heavy atom. The van der Waals surface area contributed by atoms with Crippen LogP contribution in [-0.4, -0.2) is 42.5 Å². The van der Waals surface area contributed by atoms with Crippen molar-refractivity contribution in [2.75, 3.05) is 6.54 Å². The highest BCUT2D eigenvalue weighted by Crippen LogP contribution is 2.27. The van der Waals surface area contributed by atoms with Gasteiger partial charge in [-0.15, -0.1) is 5.10 Å². The largest absolute Gasteiger partial charge is 0.358 e. The number of carbonyl (C=O) groups excluding carboxylic acids is 1. The van der Waals surface area contributed by atoms with Gasteiger partial charge in [-0.05, 0) is 22.9 Å². The first kappa shape index (κ1) is 13.9. The van der Waals surface area contributed by atoms with Crippen LogP contribution in [0.2, 0.25) is 0 Å². The molecule has 23 heavy (non-hydrogen) atoms. The third kappa shape index (κ3) is 2.69. The first-order chi connectivity index (χ1) is 11.3. The van der Waals surface area contributed by atoms with E-state index in [0.29, 0.717) is 19.5 Å². The molecular formula is C16H18N6O. The number of para-hydroxylation sites is 1. The number of tetrazole rings is 1. The number of aryl methyl sites for hydroxylation is 1. The van der Waals surface area contributed by atoms with Crippen LogP contribution in [0.25, 0.3) is 10.9 Å². The van der Waals surface area contributed by atoms with E-state index in [-0.39, 0.29) is 5.91 Å². The van der Waals surface area contributed by atoms with Crippen LogP contribution in [0.1, 0.15) is 24.1 Å². The molecule has 1 amide bonds. The molecule has 1 aliphatic heterocycles. The second-order valence-corrected chi connectivity index (χ2v) is 5.87. The number of amides is 1. The van der Waals surface area contributed by atoms with Gasteiger partial charge in [-0.3, -0.25) is 4.79 Å². The molecule has 0 bridgehead atoms. The van der Waals surface area contributed by atoms with Gasteiger partial charge in [0.1, 0.15) is 6.33 Å². The van der Waals surface area contributed by atoms with Gasteiger partial charge in [0.15, 0.2) is 0 Å². The summed E-state index contributed by atoms with van der Waals surface area (Å²) in [6.07, 6.45) is 3.74. The summed E-state index contributed by atoms with van der Waals surface area (Å²) in [5, 5.41) is 12.2. The Morgan fingerprint density at radius 2 is 2.22 bits per heavy atom. The maximum absolute atomic E-state index is 12.4. The number of rotatable bonds is 4. The molecule has 2 aromatic heterocycles. The number of fused-ring (bicyclic) bond motifs is 3. The Hall–Kier alpha value is -2.70. The zero-order valence-corrected chi connectivity index (χ0v) is 12.8. The number of aromatic amines is 1. The quantitative estimate of drug-likeness (QED) is 0.792. The maximum Gasteiger partial charge on any atom is 0.222 e. The molecule has 0 radical (unpaired) electrons. The van der Waals surface area contributed by atoms with E-state index in [4.69, 9.17) is 0 Å². The zero-order valence-electron chi connectivity index (χ0n) is 12.8. The van der Waals surface area contributed by atoms with Gasteiger partial charge in [-0.2, -0.15) is 0 Å². The smallest absolute Gasteiger partial charge is 0.222 e. The van der Waals surface area contributed by atoms with E-state index < -0.39 is 0 Å². The van der Waals surface area contributed by atoms with Crippen molar-refractivity contribution in [3.63, 3.8) is 0 Å². The monoisotopic (exact) mass is 310 g/mol. The Balaban J connectivity index is 1.42. The van der Waals surface area contributed by atoms with Crippen molar-refractivity contribution in [1.82, 2.24) is 30.1 Å². The number of hydrogen-bond donors (Lipinski definition) is 1. The second kappa shape index (κ2) is 5.83. The Bertz CT molecular complexity index is 822. The highest BCUT2D eigenvalue weighted by Gasteiger charge is 2.23. The van der Waals surface area contributed by atoms with E-state index in [2.05, 4.69) is 32.6 Å². The number of aromatic nitrogens is 5. The molecule has 0 atom stereocenters. The van der Waals surface area contributed by atoms with E-state index in [1.807, 2.05) is 17.0 Å². The molecule has 7 heteroatoms. The van der Waals surface area contributed by atoms with Crippen LogP contribution in [0.4, 0.5) is 0 Å². The molecule has 0 aliphatic carbocycles. The third-order valence-corrected chi connectivity index (χ3v) is 4.40. The number of nitrogens with zero attached hydrogens (tertiary/aromatic N) is 5. The van der Waals surface area contributed by atoms with Crippen LogP contribution in [0.15, 0.2) is 30.6 Å². The zero-order chi connectivity index (χ0) is 15.6. The normalized spacial score (nSPS) is 14.2. The maximum atomic E-state index is 12.4. The lowest BCUT2D eigenvalue weighted by atomic mass is 10.0. The van der Waals surface area contributed by atoms with E-state index in [1.165, 1.54) is 16.6 Å². The van der Waals surface area contributed by atoms with Crippen molar-refractivity contribution >= 4 is 16.8 Å². The lowest BCUT2D eigenvalue weighted by Gasteiger charge is -2.27. The number of hydrogen-bond acceptors (Lipinski definition) is 4. The summed E-state index contributed by atoms with van der Waals surface area (Å²) in [6.45, 7) is 2.15. The predicted octanol–water partition coefficient (Wildman–Crippen LogP) is 1.52. The van der Waals surface area contributed by atoms with Gasteiger partial charge in [0, 0.05) is 54.6 Å². The fourth-order valence-corrected chi connectivity index (χ4v) is 3.21. The summed E-state index contributed by atoms with van der Waals surface area (Å²) in [7, 11) is 0. The van der Waals surface area contributed by atoms with E-state index in [1.54, 1.807) is 11.0 Å². The highest BCUT2D eigenvalue weighted by molar-refractivity contribution is 5.86.